The number of fused-ring (bicyclic) bond motifs is 1. The first kappa shape index (κ1) is 21.5. The Morgan fingerprint density at radius 2 is 2.00 bits per heavy atom. The van der Waals surface area contributed by atoms with E-state index in [0.29, 0.717) is 17.2 Å². The van der Waals surface area contributed by atoms with Crippen LogP contribution in [-0.2, 0) is 12.7 Å². The number of nitrogens with one attached hydrogen (secondary N) is 1. The van der Waals surface area contributed by atoms with Gasteiger partial charge in [-0.2, -0.15) is 13.2 Å². The Balaban J connectivity index is 2.06. The first-order valence-corrected chi connectivity index (χ1v) is 9.08. The summed E-state index contributed by atoms with van der Waals surface area (Å²) in [4.78, 5) is 20.5. The van der Waals surface area contributed by atoms with E-state index in [1.165, 1.54) is 20.2 Å². The van der Waals surface area contributed by atoms with E-state index in [4.69, 9.17) is 4.74 Å². The molecule has 1 unspecified atom stereocenters. The van der Waals surface area contributed by atoms with Crippen molar-refractivity contribution in [2.45, 2.75) is 32.7 Å². The van der Waals surface area contributed by atoms with E-state index >= 15 is 0 Å². The van der Waals surface area contributed by atoms with Gasteiger partial charge >= 0.3 is 6.18 Å². The van der Waals surface area contributed by atoms with Gasteiger partial charge in [0.15, 0.2) is 0 Å². The summed E-state index contributed by atoms with van der Waals surface area (Å²) in [6.07, 6.45) is -2.02. The van der Waals surface area contributed by atoms with Gasteiger partial charge in [0, 0.05) is 30.7 Å². The molecule has 3 rings (SSSR count). The molecule has 1 amide bonds. The normalized spacial score (nSPS) is 12.8. The molecule has 0 bridgehead atoms. The lowest BCUT2D eigenvalue weighted by atomic mass is 10.2. The number of aromatic nitrogens is 3. The summed E-state index contributed by atoms with van der Waals surface area (Å²) < 4.78 is 59.2. The quantitative estimate of drug-likeness (QED) is 0.610. The summed E-state index contributed by atoms with van der Waals surface area (Å²) in [5, 5.41) is 2.48. The summed E-state index contributed by atoms with van der Waals surface area (Å²) in [6, 6.07) is 2.73. The van der Waals surface area contributed by atoms with Crippen molar-refractivity contribution in [3.05, 3.63) is 53.0 Å². The Labute approximate surface area is 169 Å². The van der Waals surface area contributed by atoms with Gasteiger partial charge in [-0.05, 0) is 31.5 Å². The molecule has 10 heteroatoms. The summed E-state index contributed by atoms with van der Waals surface area (Å²) >= 11 is 0. The van der Waals surface area contributed by atoms with Crippen LogP contribution in [0.2, 0.25) is 0 Å². The predicted molar refractivity (Wildman–Crippen MR) is 102 cm³/mol. The molecule has 1 N–H and O–H groups in total. The summed E-state index contributed by atoms with van der Waals surface area (Å²) in [5.74, 6) is -0.476. The van der Waals surface area contributed by atoms with Gasteiger partial charge in [0.2, 0.25) is 5.88 Å². The number of hydrogen-bond donors (Lipinski definition) is 1. The molecule has 0 spiro atoms. The number of amides is 1. The minimum absolute atomic E-state index is 0.0332. The smallest absolute Gasteiger partial charge is 0.417 e. The predicted octanol–water partition coefficient (Wildman–Crippen LogP) is 3.90. The summed E-state index contributed by atoms with van der Waals surface area (Å²) in [7, 11) is 1.32. The maximum absolute atomic E-state index is 13.1. The minimum Gasteiger partial charge on any atom is -0.481 e. The molecule has 3 heterocycles. The number of halogens is 4. The fourth-order valence-electron chi connectivity index (χ4n) is 3.03. The molecule has 0 fully saturated rings. The molecule has 30 heavy (non-hydrogen) atoms. The van der Waals surface area contributed by atoms with Crippen LogP contribution in [0.15, 0.2) is 30.7 Å². The largest absolute Gasteiger partial charge is 0.481 e. The van der Waals surface area contributed by atoms with Gasteiger partial charge in [-0.15, -0.1) is 0 Å². The molecule has 0 saturated carbocycles. The van der Waals surface area contributed by atoms with E-state index in [1.807, 2.05) is 0 Å². The zero-order valence-corrected chi connectivity index (χ0v) is 16.5. The molecule has 1 atom stereocenters. The minimum atomic E-state index is -4.56. The molecule has 160 valence electrons. The SMILES string of the molecule is COc1ncc(C(F)(F)F)cc1Cn1cc(C(=O)NCC(C)F)c2ncc(C)cc21. The Morgan fingerprint density at radius 3 is 2.63 bits per heavy atom. The van der Waals surface area contributed by atoms with E-state index in [-0.39, 0.29) is 30.1 Å². The zero-order valence-electron chi connectivity index (χ0n) is 16.5. The first-order chi connectivity index (χ1) is 14.1. The molecule has 0 aliphatic rings. The number of carbonyl (C=O) groups is 1. The lowest BCUT2D eigenvalue weighted by molar-refractivity contribution is -0.137. The number of rotatable bonds is 6. The number of pyridine rings is 2. The van der Waals surface area contributed by atoms with Crippen molar-refractivity contribution in [3.63, 3.8) is 0 Å². The van der Waals surface area contributed by atoms with Crippen LogP contribution in [0, 0.1) is 6.92 Å². The molecule has 0 aliphatic heterocycles. The van der Waals surface area contributed by atoms with Crippen LogP contribution in [0.1, 0.15) is 34.0 Å². The van der Waals surface area contributed by atoms with E-state index in [0.717, 1.165) is 11.6 Å². The highest BCUT2D eigenvalue weighted by Crippen LogP contribution is 2.32. The lowest BCUT2D eigenvalue weighted by Gasteiger charge is -2.13. The number of nitrogens with zero attached hydrogens (tertiary/aromatic N) is 3. The Morgan fingerprint density at radius 1 is 1.27 bits per heavy atom. The van der Waals surface area contributed by atoms with Crippen molar-refractivity contribution in [2.75, 3.05) is 13.7 Å². The molecule has 3 aromatic heterocycles. The number of alkyl halides is 4. The fourth-order valence-corrected chi connectivity index (χ4v) is 3.03. The highest BCUT2D eigenvalue weighted by Gasteiger charge is 2.32. The standard InChI is InChI=1S/C20H20F4N4O2/c1-11-4-16-17(25-6-11)15(18(29)26-7-12(2)21)10-28(16)9-13-5-14(20(22,23)24)8-27-19(13)30-3/h4-6,8,10,12H,7,9H2,1-3H3,(H,26,29). The lowest BCUT2D eigenvalue weighted by Crippen LogP contribution is -2.28. The molecule has 0 aliphatic carbocycles. The first-order valence-electron chi connectivity index (χ1n) is 9.08. The zero-order chi connectivity index (χ0) is 22.1. The molecule has 6 nitrogen and oxygen atoms in total. The van der Waals surface area contributed by atoms with E-state index in [2.05, 4.69) is 15.3 Å². The second-order valence-electron chi connectivity index (χ2n) is 6.93. The second-order valence-corrected chi connectivity index (χ2v) is 6.93. The van der Waals surface area contributed by atoms with Gasteiger partial charge in [0.05, 0.1) is 30.3 Å². The third-order valence-electron chi connectivity index (χ3n) is 4.43. The summed E-state index contributed by atoms with van der Waals surface area (Å²) in [5.41, 5.74) is 1.20. The van der Waals surface area contributed by atoms with Gasteiger partial charge in [0.1, 0.15) is 11.7 Å². The van der Waals surface area contributed by atoms with E-state index in [1.54, 1.807) is 23.8 Å². The maximum atomic E-state index is 13.1. The highest BCUT2D eigenvalue weighted by molar-refractivity contribution is 6.05. The van der Waals surface area contributed by atoms with Gasteiger partial charge in [-0.1, -0.05) is 0 Å². The van der Waals surface area contributed by atoms with E-state index < -0.39 is 23.8 Å². The van der Waals surface area contributed by atoms with Crippen molar-refractivity contribution in [3.8, 4) is 5.88 Å². The van der Waals surface area contributed by atoms with Crippen LogP contribution >= 0.6 is 0 Å². The van der Waals surface area contributed by atoms with Crippen LogP contribution in [0.5, 0.6) is 5.88 Å². The number of methoxy groups -OCH3 is 1. The molecule has 0 aromatic carbocycles. The van der Waals surface area contributed by atoms with Gasteiger partial charge in [0.25, 0.3) is 5.91 Å². The topological polar surface area (TPSA) is 69.0 Å². The Hall–Kier alpha value is -3.17. The summed E-state index contributed by atoms with van der Waals surface area (Å²) in [6.45, 7) is 2.93. The van der Waals surface area contributed by atoms with Crippen molar-refractivity contribution >= 4 is 16.9 Å². The molecule has 0 saturated heterocycles. The highest BCUT2D eigenvalue weighted by atomic mass is 19.4. The average molecular weight is 424 g/mol. The van der Waals surface area contributed by atoms with Crippen molar-refractivity contribution in [2.24, 2.45) is 0 Å². The van der Waals surface area contributed by atoms with Crippen LogP contribution in [0.3, 0.4) is 0 Å². The average Bonchev–Trinajstić information content (AvgIpc) is 3.03. The van der Waals surface area contributed by atoms with Crippen LogP contribution < -0.4 is 10.1 Å². The van der Waals surface area contributed by atoms with Gasteiger partial charge < -0.3 is 14.6 Å². The van der Waals surface area contributed by atoms with Crippen molar-refractivity contribution in [1.82, 2.24) is 19.9 Å². The molecular weight excluding hydrogens is 404 g/mol. The monoisotopic (exact) mass is 424 g/mol. The number of aryl methyl sites for hydroxylation is 1. The third kappa shape index (κ3) is 4.52. The van der Waals surface area contributed by atoms with Crippen LogP contribution in [-0.4, -0.2) is 40.3 Å². The van der Waals surface area contributed by atoms with Crippen LogP contribution in [0.4, 0.5) is 17.6 Å². The fraction of sp³-hybridized carbons (Fsp3) is 0.350. The molecule has 0 radical (unpaired) electrons. The van der Waals surface area contributed by atoms with Crippen molar-refractivity contribution in [1.29, 1.82) is 0 Å². The number of hydrogen-bond acceptors (Lipinski definition) is 4. The Kier molecular flexibility index (Phi) is 5.95. The number of carbonyl (C=O) groups excluding carboxylic acids is 1. The van der Waals surface area contributed by atoms with Gasteiger partial charge in [-0.25, -0.2) is 9.37 Å². The van der Waals surface area contributed by atoms with E-state index in [9.17, 15) is 22.4 Å². The van der Waals surface area contributed by atoms with Gasteiger partial charge in [-0.3, -0.25) is 9.78 Å². The maximum Gasteiger partial charge on any atom is 0.417 e. The van der Waals surface area contributed by atoms with Crippen LogP contribution in [0.25, 0.3) is 11.0 Å². The molecular formula is C20H20F4N4O2. The van der Waals surface area contributed by atoms with Crippen molar-refractivity contribution < 1.29 is 27.1 Å². The second kappa shape index (κ2) is 8.29. The number of ether oxygens (including phenoxy) is 1. The Bertz CT molecular complexity index is 1080. The third-order valence-corrected chi connectivity index (χ3v) is 4.43. The molecule has 3 aromatic rings.